The summed E-state index contributed by atoms with van der Waals surface area (Å²) in [5.41, 5.74) is 12.6. The van der Waals surface area contributed by atoms with Crippen LogP contribution in [0.4, 0.5) is 0 Å². The maximum Gasteiger partial charge on any atom is 0.263 e. The minimum Gasteiger partial charge on any atom is -0.456 e. The standard InChI is InChI=1S/C55H31N3O2/c59-55-41-17-5-4-14-36(41)39-19-10-20-40-42-28-32(24-26-48(42)58(55)54(39)40)35-18-11-23-52-53(35)45-29-34(25-27-51(45)60-52)57-47-22-9-7-16-38(47)44-30-43-37-15-6-8-21-46(37)56(49(43)31-50(44)57)33-12-2-1-3-13-33/h1-31H. The fourth-order valence-corrected chi connectivity index (χ4v) is 10.4. The molecular formula is C55H31N3O2. The number of para-hydroxylation sites is 4. The topological polar surface area (TPSA) is 44.5 Å². The van der Waals surface area contributed by atoms with Gasteiger partial charge in [-0.05, 0) is 95.4 Å². The van der Waals surface area contributed by atoms with Crippen molar-refractivity contribution in [2.24, 2.45) is 0 Å². The summed E-state index contributed by atoms with van der Waals surface area (Å²) in [5.74, 6) is 0. The Balaban J connectivity index is 1.02. The Kier molecular flexibility index (Phi) is 6.11. The molecular weight excluding hydrogens is 735 g/mol. The molecule has 5 heterocycles. The van der Waals surface area contributed by atoms with E-state index in [9.17, 15) is 4.79 Å². The number of furan rings is 1. The van der Waals surface area contributed by atoms with Crippen molar-refractivity contribution in [3.8, 4) is 22.5 Å². The summed E-state index contributed by atoms with van der Waals surface area (Å²) in [7, 11) is 0. The molecule has 0 spiro atoms. The van der Waals surface area contributed by atoms with E-state index < -0.39 is 0 Å². The smallest absolute Gasteiger partial charge is 0.263 e. The third kappa shape index (κ3) is 4.08. The number of rotatable bonds is 3. The van der Waals surface area contributed by atoms with E-state index >= 15 is 0 Å². The first-order valence-corrected chi connectivity index (χ1v) is 20.4. The van der Waals surface area contributed by atoms with Gasteiger partial charge in [0, 0.05) is 65.2 Å². The molecule has 278 valence electrons. The van der Waals surface area contributed by atoms with E-state index in [4.69, 9.17) is 4.42 Å². The van der Waals surface area contributed by atoms with E-state index in [0.717, 1.165) is 93.4 Å². The van der Waals surface area contributed by atoms with Crippen molar-refractivity contribution in [3.63, 3.8) is 0 Å². The molecule has 0 unspecified atom stereocenters. The van der Waals surface area contributed by atoms with E-state index in [1.54, 1.807) is 0 Å². The molecule has 60 heavy (non-hydrogen) atoms. The van der Waals surface area contributed by atoms with Crippen molar-refractivity contribution in [2.75, 3.05) is 0 Å². The van der Waals surface area contributed by atoms with Crippen LogP contribution in [-0.4, -0.2) is 13.5 Å². The van der Waals surface area contributed by atoms with Crippen LogP contribution in [0.1, 0.15) is 0 Å². The van der Waals surface area contributed by atoms with Crippen LogP contribution in [0.25, 0.3) is 126 Å². The number of nitrogens with zero attached hydrogens (tertiary/aromatic N) is 3. The van der Waals surface area contributed by atoms with Crippen LogP contribution in [0.5, 0.6) is 0 Å². The monoisotopic (exact) mass is 765 g/mol. The van der Waals surface area contributed by atoms with E-state index in [2.05, 4.69) is 179 Å². The van der Waals surface area contributed by atoms with Gasteiger partial charge >= 0.3 is 0 Å². The van der Waals surface area contributed by atoms with Crippen molar-refractivity contribution >= 4 is 104 Å². The van der Waals surface area contributed by atoms with E-state index in [-0.39, 0.29) is 5.56 Å². The Morgan fingerprint density at radius 1 is 0.350 bits per heavy atom. The molecule has 0 aliphatic heterocycles. The normalized spacial score (nSPS) is 12.4. The molecule has 0 aliphatic rings. The maximum absolute atomic E-state index is 14.0. The Morgan fingerprint density at radius 3 is 1.73 bits per heavy atom. The number of fused-ring (bicyclic) bond motifs is 14. The summed E-state index contributed by atoms with van der Waals surface area (Å²) in [5, 5.41) is 12.0. The lowest BCUT2D eigenvalue weighted by Gasteiger charge is -2.10. The molecule has 0 amide bonds. The van der Waals surface area contributed by atoms with Gasteiger partial charge in [-0.2, -0.15) is 0 Å². The van der Waals surface area contributed by atoms with Gasteiger partial charge in [0.1, 0.15) is 11.2 Å². The average molecular weight is 766 g/mol. The molecule has 0 radical (unpaired) electrons. The Morgan fingerprint density at radius 2 is 0.967 bits per heavy atom. The van der Waals surface area contributed by atoms with Gasteiger partial charge < -0.3 is 13.6 Å². The van der Waals surface area contributed by atoms with Gasteiger partial charge in [0.05, 0.1) is 33.1 Å². The van der Waals surface area contributed by atoms with Gasteiger partial charge in [-0.25, -0.2) is 0 Å². The third-order valence-corrected chi connectivity index (χ3v) is 13.0. The Hall–Kier alpha value is -8.15. The van der Waals surface area contributed by atoms with Crippen LogP contribution in [-0.2, 0) is 0 Å². The summed E-state index contributed by atoms with van der Waals surface area (Å²) in [4.78, 5) is 14.0. The van der Waals surface area contributed by atoms with E-state index in [1.165, 1.54) is 32.6 Å². The predicted molar refractivity (Wildman–Crippen MR) is 249 cm³/mol. The highest BCUT2D eigenvalue weighted by Gasteiger charge is 2.22. The fraction of sp³-hybridized carbons (Fsp3) is 0. The molecule has 14 aromatic rings. The molecule has 5 heteroatoms. The first-order valence-electron chi connectivity index (χ1n) is 20.4. The van der Waals surface area contributed by atoms with Gasteiger partial charge in [-0.1, -0.05) is 109 Å². The van der Waals surface area contributed by atoms with Crippen LogP contribution in [0.3, 0.4) is 0 Å². The fourth-order valence-electron chi connectivity index (χ4n) is 10.4. The summed E-state index contributed by atoms with van der Waals surface area (Å²) >= 11 is 0. The van der Waals surface area contributed by atoms with Crippen LogP contribution in [0.2, 0.25) is 0 Å². The quantitative estimate of drug-likeness (QED) is 0.168. The summed E-state index contributed by atoms with van der Waals surface area (Å²) in [6.45, 7) is 0. The lowest BCUT2D eigenvalue weighted by Crippen LogP contribution is -2.12. The summed E-state index contributed by atoms with van der Waals surface area (Å²) in [6, 6.07) is 66.6. The third-order valence-electron chi connectivity index (χ3n) is 13.0. The van der Waals surface area contributed by atoms with E-state index in [0.29, 0.717) is 0 Å². The van der Waals surface area contributed by atoms with Gasteiger partial charge in [0.25, 0.3) is 5.56 Å². The Labute approximate surface area is 341 Å². The van der Waals surface area contributed by atoms with Gasteiger partial charge in [-0.15, -0.1) is 0 Å². The van der Waals surface area contributed by atoms with Crippen LogP contribution in [0.15, 0.2) is 197 Å². The van der Waals surface area contributed by atoms with Crippen molar-refractivity contribution in [3.05, 3.63) is 198 Å². The first kappa shape index (κ1) is 31.9. The number of benzene rings is 9. The van der Waals surface area contributed by atoms with Crippen LogP contribution in [0, 0.1) is 0 Å². The summed E-state index contributed by atoms with van der Waals surface area (Å²) < 4.78 is 13.3. The molecule has 9 aromatic carbocycles. The highest BCUT2D eigenvalue weighted by atomic mass is 16.3. The van der Waals surface area contributed by atoms with E-state index in [1.807, 2.05) is 22.6 Å². The lowest BCUT2D eigenvalue weighted by molar-refractivity contribution is 0.669. The number of hydrogen-bond acceptors (Lipinski definition) is 2. The number of aromatic nitrogens is 3. The Bertz CT molecular complexity index is 4200. The molecule has 0 saturated carbocycles. The molecule has 0 atom stereocenters. The van der Waals surface area contributed by atoms with Crippen molar-refractivity contribution in [2.45, 2.75) is 0 Å². The zero-order valence-corrected chi connectivity index (χ0v) is 32.1. The molecule has 14 rings (SSSR count). The summed E-state index contributed by atoms with van der Waals surface area (Å²) in [6.07, 6.45) is 0. The van der Waals surface area contributed by atoms with Crippen LogP contribution >= 0.6 is 0 Å². The second kappa shape index (κ2) is 11.5. The van der Waals surface area contributed by atoms with Gasteiger partial charge in [0.15, 0.2) is 0 Å². The lowest BCUT2D eigenvalue weighted by atomic mass is 9.97. The molecule has 0 bridgehead atoms. The largest absolute Gasteiger partial charge is 0.456 e. The number of hydrogen-bond donors (Lipinski definition) is 0. The highest BCUT2D eigenvalue weighted by Crippen LogP contribution is 2.43. The predicted octanol–water partition coefficient (Wildman–Crippen LogP) is 14.0. The highest BCUT2D eigenvalue weighted by molar-refractivity contribution is 6.22. The minimum atomic E-state index is 0.0137. The molecule has 0 fully saturated rings. The molecule has 0 saturated heterocycles. The second-order valence-corrected chi connectivity index (χ2v) is 16.0. The van der Waals surface area contributed by atoms with Crippen molar-refractivity contribution < 1.29 is 4.42 Å². The average Bonchev–Trinajstić information content (AvgIpc) is 4.04. The molecule has 5 nitrogen and oxygen atoms in total. The zero-order valence-electron chi connectivity index (χ0n) is 32.1. The van der Waals surface area contributed by atoms with Crippen molar-refractivity contribution in [1.82, 2.24) is 13.5 Å². The molecule has 0 N–H and O–H groups in total. The first-order chi connectivity index (χ1) is 29.7. The SMILES string of the molecule is O=c1c2ccccc2c2cccc3c4cc(-c5cccc6oc7ccc(-n8c9ccccc9c9cc%10c%11ccccc%11n(-c%11ccccc%11)c%10cc98)cc7c56)ccc4n1c23. The van der Waals surface area contributed by atoms with Crippen molar-refractivity contribution in [1.29, 1.82) is 0 Å². The van der Waals surface area contributed by atoms with Crippen LogP contribution < -0.4 is 5.56 Å². The number of pyridine rings is 1. The second-order valence-electron chi connectivity index (χ2n) is 16.0. The maximum atomic E-state index is 14.0. The minimum absolute atomic E-state index is 0.0137. The molecule has 0 aliphatic carbocycles. The van der Waals surface area contributed by atoms with Gasteiger partial charge in [0.2, 0.25) is 0 Å². The molecule has 5 aromatic heterocycles. The zero-order chi connectivity index (χ0) is 39.2. The van der Waals surface area contributed by atoms with Gasteiger partial charge in [-0.3, -0.25) is 9.20 Å².